The van der Waals surface area contributed by atoms with Crippen molar-refractivity contribution >= 4 is 5.82 Å². The maximum Gasteiger partial charge on any atom is 0.128 e. The smallest absolute Gasteiger partial charge is 0.128 e. The minimum Gasteiger partial charge on any atom is -0.386 e. The lowest BCUT2D eigenvalue weighted by Crippen LogP contribution is -2.44. The third-order valence-electron chi connectivity index (χ3n) is 3.28. The molecule has 1 aromatic heterocycles. The lowest BCUT2D eigenvalue weighted by molar-refractivity contribution is 0.0782. The van der Waals surface area contributed by atoms with E-state index in [0.29, 0.717) is 0 Å². The van der Waals surface area contributed by atoms with Gasteiger partial charge in [0.1, 0.15) is 5.82 Å². The number of pyridine rings is 1. The number of rotatable bonds is 2. The zero-order chi connectivity index (χ0) is 16.5. The molecular weight excluding hydrogens is 262 g/mol. The van der Waals surface area contributed by atoms with Crippen molar-refractivity contribution in [3.63, 3.8) is 0 Å². The molecule has 4 nitrogen and oxygen atoms in total. The molecular formula is C17H33N3O. The van der Waals surface area contributed by atoms with Crippen LogP contribution in [-0.2, 0) is 5.60 Å². The summed E-state index contributed by atoms with van der Waals surface area (Å²) < 4.78 is 0. The van der Waals surface area contributed by atoms with Gasteiger partial charge in [0, 0.05) is 37.9 Å². The molecule has 0 saturated carbocycles. The minimum absolute atomic E-state index is 0.812. The molecule has 0 radical (unpaired) electrons. The van der Waals surface area contributed by atoms with E-state index in [9.17, 15) is 5.11 Å². The first kappa shape index (κ1) is 19.9. The maximum absolute atomic E-state index is 9.86. The van der Waals surface area contributed by atoms with E-state index in [4.69, 9.17) is 0 Å². The average Bonchev–Trinajstić information content (AvgIpc) is 2.51. The quantitative estimate of drug-likeness (QED) is 0.910. The van der Waals surface area contributed by atoms with Crippen molar-refractivity contribution in [1.29, 1.82) is 0 Å². The largest absolute Gasteiger partial charge is 0.386 e. The molecule has 0 aromatic carbocycles. The Morgan fingerprint density at radius 1 is 1.00 bits per heavy atom. The molecule has 1 aliphatic heterocycles. The number of hydrogen-bond donors (Lipinski definition) is 1. The first-order valence-electron chi connectivity index (χ1n) is 8.09. The van der Waals surface area contributed by atoms with E-state index < -0.39 is 5.60 Å². The van der Waals surface area contributed by atoms with Crippen LogP contribution in [0.25, 0.3) is 0 Å². The van der Waals surface area contributed by atoms with E-state index >= 15 is 0 Å². The van der Waals surface area contributed by atoms with Crippen LogP contribution in [0.3, 0.4) is 0 Å². The Morgan fingerprint density at radius 2 is 1.52 bits per heavy atom. The van der Waals surface area contributed by atoms with Crippen LogP contribution >= 0.6 is 0 Å². The fourth-order valence-electron chi connectivity index (χ4n) is 1.97. The zero-order valence-electron chi connectivity index (χ0n) is 14.8. The second kappa shape index (κ2) is 9.74. The Labute approximate surface area is 130 Å². The van der Waals surface area contributed by atoms with E-state index in [1.165, 1.54) is 0 Å². The van der Waals surface area contributed by atoms with Gasteiger partial charge in [-0.25, -0.2) is 4.98 Å². The lowest BCUT2D eigenvalue weighted by atomic mass is 10.0. The predicted molar refractivity (Wildman–Crippen MR) is 91.9 cm³/mol. The van der Waals surface area contributed by atoms with E-state index in [2.05, 4.69) is 21.8 Å². The van der Waals surface area contributed by atoms with E-state index in [0.717, 1.165) is 37.6 Å². The van der Waals surface area contributed by atoms with Crippen molar-refractivity contribution in [3.05, 3.63) is 23.9 Å². The summed E-state index contributed by atoms with van der Waals surface area (Å²) >= 11 is 0. The van der Waals surface area contributed by atoms with Crippen molar-refractivity contribution in [2.75, 3.05) is 38.1 Å². The van der Waals surface area contributed by atoms with Gasteiger partial charge in [-0.1, -0.05) is 33.8 Å². The number of aliphatic hydroxyl groups is 1. The molecule has 0 atom stereocenters. The van der Waals surface area contributed by atoms with Gasteiger partial charge in [0.25, 0.3) is 0 Å². The first-order chi connectivity index (χ1) is 9.97. The lowest BCUT2D eigenvalue weighted by Gasteiger charge is -2.33. The Bertz CT molecular complexity index is 363. The fourth-order valence-corrected chi connectivity index (χ4v) is 1.97. The molecule has 0 unspecified atom stereocenters. The molecule has 0 aliphatic carbocycles. The maximum atomic E-state index is 9.86. The van der Waals surface area contributed by atoms with E-state index in [-0.39, 0.29) is 0 Å². The third-order valence-corrected chi connectivity index (χ3v) is 3.28. The van der Waals surface area contributed by atoms with Crippen molar-refractivity contribution in [1.82, 2.24) is 9.88 Å². The van der Waals surface area contributed by atoms with Crippen LogP contribution in [0.4, 0.5) is 5.82 Å². The summed E-state index contributed by atoms with van der Waals surface area (Å²) in [5, 5.41) is 9.86. The van der Waals surface area contributed by atoms with E-state index in [1.54, 1.807) is 20.0 Å². The highest BCUT2D eigenvalue weighted by Crippen LogP contribution is 2.21. The molecule has 122 valence electrons. The molecule has 21 heavy (non-hydrogen) atoms. The number of likely N-dealkylation sites (N-methyl/N-ethyl adjacent to an activating group) is 1. The average molecular weight is 295 g/mol. The summed E-state index contributed by atoms with van der Waals surface area (Å²) in [6.45, 7) is 15.7. The standard InChI is InChI=1S/C13H21N3O.2C2H6/c1-13(2,17)11-4-5-12(14-10-11)16-8-6-15(3)7-9-16;2*1-2/h4-5,10,17H,6-9H2,1-3H3;2*1-2H3. The summed E-state index contributed by atoms with van der Waals surface area (Å²) in [5.41, 5.74) is 0.0450. The van der Waals surface area contributed by atoms with Gasteiger partial charge in [-0.2, -0.15) is 0 Å². The third kappa shape index (κ3) is 6.44. The van der Waals surface area contributed by atoms with Crippen molar-refractivity contribution in [3.8, 4) is 0 Å². The summed E-state index contributed by atoms with van der Waals surface area (Å²) in [4.78, 5) is 9.05. The van der Waals surface area contributed by atoms with Gasteiger partial charge in [-0.15, -0.1) is 0 Å². The highest BCUT2D eigenvalue weighted by Gasteiger charge is 2.18. The second-order valence-electron chi connectivity index (χ2n) is 5.25. The Morgan fingerprint density at radius 3 is 1.90 bits per heavy atom. The van der Waals surface area contributed by atoms with Crippen LogP contribution in [0.15, 0.2) is 18.3 Å². The summed E-state index contributed by atoms with van der Waals surface area (Å²) in [5.74, 6) is 1.01. The highest BCUT2D eigenvalue weighted by molar-refractivity contribution is 5.40. The SMILES string of the molecule is CC.CC.CN1CCN(c2ccc(C(C)(C)O)cn2)CC1. The van der Waals surface area contributed by atoms with Gasteiger partial charge >= 0.3 is 0 Å². The van der Waals surface area contributed by atoms with E-state index in [1.807, 2.05) is 39.8 Å². The summed E-state index contributed by atoms with van der Waals surface area (Å²) in [6.07, 6.45) is 1.77. The summed E-state index contributed by atoms with van der Waals surface area (Å²) in [7, 11) is 2.14. The van der Waals surface area contributed by atoms with Crippen molar-refractivity contribution in [2.45, 2.75) is 47.1 Å². The first-order valence-corrected chi connectivity index (χ1v) is 8.09. The molecule has 1 N–H and O–H groups in total. The molecule has 0 amide bonds. The van der Waals surface area contributed by atoms with Gasteiger partial charge in [0.05, 0.1) is 5.60 Å². The molecule has 2 rings (SSSR count). The molecule has 0 bridgehead atoms. The summed E-state index contributed by atoms with van der Waals surface area (Å²) in [6, 6.07) is 3.96. The van der Waals surface area contributed by atoms with Crippen LogP contribution in [0.5, 0.6) is 0 Å². The normalized spacial score (nSPS) is 15.5. The predicted octanol–water partition coefficient (Wildman–Crippen LogP) is 3.11. The van der Waals surface area contributed by atoms with Gasteiger partial charge in [-0.3, -0.25) is 0 Å². The highest BCUT2D eigenvalue weighted by atomic mass is 16.3. The van der Waals surface area contributed by atoms with Crippen LogP contribution in [0, 0.1) is 0 Å². The molecule has 2 heterocycles. The van der Waals surface area contributed by atoms with Gasteiger partial charge in [0.2, 0.25) is 0 Å². The topological polar surface area (TPSA) is 39.6 Å². The zero-order valence-corrected chi connectivity index (χ0v) is 14.8. The van der Waals surface area contributed by atoms with Crippen LogP contribution in [0.1, 0.15) is 47.1 Å². The molecule has 1 aromatic rings. The number of anilines is 1. The van der Waals surface area contributed by atoms with Crippen molar-refractivity contribution in [2.24, 2.45) is 0 Å². The number of piperazine rings is 1. The minimum atomic E-state index is -0.812. The Kier molecular flexibility index (Phi) is 9.22. The van der Waals surface area contributed by atoms with Crippen LogP contribution in [0.2, 0.25) is 0 Å². The molecule has 1 fully saturated rings. The molecule has 0 spiro atoms. The van der Waals surface area contributed by atoms with Crippen molar-refractivity contribution < 1.29 is 5.11 Å². The monoisotopic (exact) mass is 295 g/mol. The number of hydrogen-bond acceptors (Lipinski definition) is 4. The Hall–Kier alpha value is -1.13. The van der Waals surface area contributed by atoms with Crippen LogP contribution in [-0.4, -0.2) is 48.2 Å². The number of nitrogens with zero attached hydrogens (tertiary/aromatic N) is 3. The second-order valence-corrected chi connectivity index (χ2v) is 5.25. The molecule has 1 saturated heterocycles. The van der Waals surface area contributed by atoms with Gasteiger partial charge < -0.3 is 14.9 Å². The molecule has 1 aliphatic rings. The van der Waals surface area contributed by atoms with Crippen LogP contribution < -0.4 is 4.90 Å². The number of aromatic nitrogens is 1. The Balaban J connectivity index is 0.000000921. The van der Waals surface area contributed by atoms with Gasteiger partial charge in [-0.05, 0) is 27.0 Å². The van der Waals surface area contributed by atoms with Gasteiger partial charge in [0.15, 0.2) is 0 Å². The molecule has 4 heteroatoms. The fraction of sp³-hybridized carbons (Fsp3) is 0.706.